The van der Waals surface area contributed by atoms with Crippen molar-refractivity contribution in [2.75, 3.05) is 0 Å². The van der Waals surface area contributed by atoms with Crippen molar-refractivity contribution in [1.29, 1.82) is 0 Å². The zero-order chi connectivity index (χ0) is 13.0. The lowest BCUT2D eigenvalue weighted by Crippen LogP contribution is -2.00. The number of aromatic carboxylic acids is 1. The molecule has 0 amide bonds. The maximum Gasteiger partial charge on any atom is 0.354 e. The first-order valence-electron chi connectivity index (χ1n) is 5.08. The summed E-state index contributed by atoms with van der Waals surface area (Å²) in [6.07, 6.45) is 3.23. The van der Waals surface area contributed by atoms with Gasteiger partial charge in [0, 0.05) is 22.6 Å². The predicted molar refractivity (Wildman–Crippen MR) is 72.7 cm³/mol. The predicted octanol–water partition coefficient (Wildman–Crippen LogP) is 3.23. The summed E-state index contributed by atoms with van der Waals surface area (Å²) in [6, 6.07) is 7.15. The second-order valence-corrected chi connectivity index (χ2v) is 5.25. The topological polar surface area (TPSA) is 63.1 Å². The molecular formula is C12H9BrN2O2S. The summed E-state index contributed by atoms with van der Waals surface area (Å²) < 4.78 is 0.933. The van der Waals surface area contributed by atoms with E-state index in [0.29, 0.717) is 5.75 Å². The van der Waals surface area contributed by atoms with Crippen molar-refractivity contribution in [3.63, 3.8) is 0 Å². The van der Waals surface area contributed by atoms with E-state index in [9.17, 15) is 4.79 Å². The highest BCUT2D eigenvalue weighted by Gasteiger charge is 2.06. The van der Waals surface area contributed by atoms with E-state index in [1.165, 1.54) is 6.20 Å². The number of thioether (sulfide) groups is 1. The molecule has 0 saturated carbocycles. The Hall–Kier alpha value is -1.40. The van der Waals surface area contributed by atoms with Gasteiger partial charge in [0.1, 0.15) is 10.7 Å². The highest BCUT2D eigenvalue weighted by Crippen LogP contribution is 2.27. The Kier molecular flexibility index (Phi) is 4.33. The lowest BCUT2D eigenvalue weighted by atomic mass is 10.2. The van der Waals surface area contributed by atoms with Crippen molar-refractivity contribution < 1.29 is 9.90 Å². The molecule has 92 valence electrons. The van der Waals surface area contributed by atoms with Crippen LogP contribution in [0.2, 0.25) is 0 Å². The molecule has 0 spiro atoms. The van der Waals surface area contributed by atoms with Gasteiger partial charge in [0.05, 0.1) is 0 Å². The first kappa shape index (κ1) is 13.0. The van der Waals surface area contributed by atoms with Crippen molar-refractivity contribution in [2.45, 2.75) is 10.8 Å². The fraction of sp³-hybridized carbons (Fsp3) is 0.0833. The lowest BCUT2D eigenvalue weighted by Gasteiger charge is -2.03. The third-order valence-corrected chi connectivity index (χ3v) is 4.12. The summed E-state index contributed by atoms with van der Waals surface area (Å²) >= 11 is 4.96. The van der Waals surface area contributed by atoms with E-state index < -0.39 is 5.97 Å². The minimum absolute atomic E-state index is 0.0631. The summed E-state index contributed by atoms with van der Waals surface area (Å²) in [7, 11) is 0. The zero-order valence-electron chi connectivity index (χ0n) is 9.21. The highest BCUT2D eigenvalue weighted by atomic mass is 79.9. The Balaban J connectivity index is 2.09. The molecule has 0 bridgehead atoms. The molecule has 0 aliphatic rings. The molecule has 0 atom stereocenters. The first-order chi connectivity index (χ1) is 8.66. The van der Waals surface area contributed by atoms with Gasteiger partial charge in [-0.25, -0.2) is 14.8 Å². The number of carbonyl (C=O) groups is 1. The van der Waals surface area contributed by atoms with Crippen LogP contribution in [0.1, 0.15) is 16.1 Å². The third-order valence-electron chi connectivity index (χ3n) is 2.14. The minimum Gasteiger partial charge on any atom is -0.477 e. The molecule has 18 heavy (non-hydrogen) atoms. The molecule has 2 aromatic rings. The van der Waals surface area contributed by atoms with Gasteiger partial charge in [-0.15, -0.1) is 11.8 Å². The van der Waals surface area contributed by atoms with E-state index in [-0.39, 0.29) is 5.69 Å². The van der Waals surface area contributed by atoms with Crippen molar-refractivity contribution >= 4 is 33.7 Å². The van der Waals surface area contributed by atoms with Crippen molar-refractivity contribution in [2.24, 2.45) is 0 Å². The summed E-state index contributed by atoms with van der Waals surface area (Å²) in [5.74, 6) is -0.362. The van der Waals surface area contributed by atoms with Gasteiger partial charge in [0.15, 0.2) is 0 Å². The molecule has 2 aromatic heterocycles. The van der Waals surface area contributed by atoms with Crippen LogP contribution in [0, 0.1) is 0 Å². The van der Waals surface area contributed by atoms with Crippen LogP contribution in [0.4, 0.5) is 0 Å². The van der Waals surface area contributed by atoms with Crippen molar-refractivity contribution in [3.05, 3.63) is 52.4 Å². The van der Waals surface area contributed by atoms with E-state index >= 15 is 0 Å². The number of nitrogens with zero attached hydrogens (tertiary/aromatic N) is 2. The fourth-order valence-corrected chi connectivity index (χ4v) is 2.73. The van der Waals surface area contributed by atoms with Gasteiger partial charge >= 0.3 is 5.97 Å². The summed E-state index contributed by atoms with van der Waals surface area (Å²) in [5.41, 5.74) is 0.970. The number of pyridine rings is 2. The first-order valence-corrected chi connectivity index (χ1v) is 6.86. The summed E-state index contributed by atoms with van der Waals surface area (Å²) in [6.45, 7) is 0. The quantitative estimate of drug-likeness (QED) is 0.875. The number of carboxylic acid groups (broad SMARTS) is 1. The molecular weight excluding hydrogens is 316 g/mol. The number of halogens is 1. The Morgan fingerprint density at radius 3 is 2.89 bits per heavy atom. The van der Waals surface area contributed by atoms with Crippen molar-refractivity contribution in [1.82, 2.24) is 9.97 Å². The largest absolute Gasteiger partial charge is 0.477 e. The van der Waals surface area contributed by atoms with Crippen LogP contribution in [0.3, 0.4) is 0 Å². The number of rotatable bonds is 4. The molecule has 0 unspecified atom stereocenters. The van der Waals surface area contributed by atoms with Gasteiger partial charge in [0.25, 0.3) is 0 Å². The lowest BCUT2D eigenvalue weighted by molar-refractivity contribution is 0.0690. The van der Waals surface area contributed by atoms with Gasteiger partial charge in [-0.1, -0.05) is 0 Å². The van der Waals surface area contributed by atoms with Crippen LogP contribution in [0.5, 0.6) is 0 Å². The molecule has 0 aliphatic heterocycles. The molecule has 6 heteroatoms. The normalized spacial score (nSPS) is 10.3. The van der Waals surface area contributed by atoms with Crippen LogP contribution < -0.4 is 0 Å². The summed E-state index contributed by atoms with van der Waals surface area (Å²) in [4.78, 5) is 18.8. The Bertz CT molecular complexity index is 578. The second kappa shape index (κ2) is 5.97. The fourth-order valence-electron chi connectivity index (χ4n) is 1.31. The minimum atomic E-state index is -1.01. The van der Waals surface area contributed by atoms with E-state index in [0.717, 1.165) is 15.1 Å². The van der Waals surface area contributed by atoms with E-state index in [1.54, 1.807) is 30.1 Å². The number of aromatic nitrogens is 2. The van der Waals surface area contributed by atoms with Crippen LogP contribution in [0.15, 0.2) is 46.2 Å². The summed E-state index contributed by atoms with van der Waals surface area (Å²) in [5, 5.41) is 9.73. The van der Waals surface area contributed by atoms with Gasteiger partial charge in [0.2, 0.25) is 0 Å². The maximum atomic E-state index is 10.8. The van der Waals surface area contributed by atoms with Crippen LogP contribution in [-0.4, -0.2) is 21.0 Å². The molecule has 2 rings (SSSR count). The Morgan fingerprint density at radius 1 is 1.33 bits per heavy atom. The number of hydrogen-bond donors (Lipinski definition) is 1. The maximum absolute atomic E-state index is 10.8. The number of hydrogen-bond acceptors (Lipinski definition) is 4. The van der Waals surface area contributed by atoms with Crippen LogP contribution in [-0.2, 0) is 5.75 Å². The number of carboxylic acids is 1. The Morgan fingerprint density at radius 2 is 2.17 bits per heavy atom. The van der Waals surface area contributed by atoms with Gasteiger partial charge in [-0.05, 0) is 45.8 Å². The highest BCUT2D eigenvalue weighted by molar-refractivity contribution is 9.10. The monoisotopic (exact) mass is 324 g/mol. The molecule has 0 fully saturated rings. The smallest absolute Gasteiger partial charge is 0.354 e. The molecule has 0 aromatic carbocycles. The van der Waals surface area contributed by atoms with Crippen LogP contribution >= 0.6 is 27.7 Å². The van der Waals surface area contributed by atoms with E-state index in [4.69, 9.17) is 5.11 Å². The molecule has 0 radical (unpaired) electrons. The van der Waals surface area contributed by atoms with Crippen molar-refractivity contribution in [3.8, 4) is 0 Å². The SMILES string of the molecule is O=C(O)c1cc(CSc2ncccc2Br)ccn1. The third kappa shape index (κ3) is 3.30. The van der Waals surface area contributed by atoms with Gasteiger partial charge < -0.3 is 5.11 Å². The standard InChI is InChI=1S/C12H9BrN2O2S/c13-9-2-1-4-15-11(9)18-7-8-3-5-14-10(6-8)12(16)17/h1-6H,7H2,(H,16,17). The molecule has 0 saturated heterocycles. The Labute approximate surface area is 117 Å². The van der Waals surface area contributed by atoms with E-state index in [1.807, 2.05) is 12.1 Å². The average Bonchev–Trinajstić information content (AvgIpc) is 2.38. The van der Waals surface area contributed by atoms with Gasteiger partial charge in [-0.3, -0.25) is 0 Å². The average molecular weight is 325 g/mol. The molecule has 0 aliphatic carbocycles. The van der Waals surface area contributed by atoms with Gasteiger partial charge in [-0.2, -0.15) is 0 Å². The van der Waals surface area contributed by atoms with E-state index in [2.05, 4.69) is 25.9 Å². The van der Waals surface area contributed by atoms with Crippen LogP contribution in [0.25, 0.3) is 0 Å². The molecule has 4 nitrogen and oxygen atoms in total. The molecule has 1 N–H and O–H groups in total. The zero-order valence-corrected chi connectivity index (χ0v) is 11.6. The molecule has 2 heterocycles. The second-order valence-electron chi connectivity index (χ2n) is 3.43.